The molecule has 0 bridgehead atoms. The highest BCUT2D eigenvalue weighted by molar-refractivity contribution is 8.00. The Morgan fingerprint density at radius 2 is 1.82 bits per heavy atom. The number of hydrogen-bond donors (Lipinski definition) is 1. The molecule has 0 aliphatic heterocycles. The summed E-state index contributed by atoms with van der Waals surface area (Å²) in [4.78, 5) is 15.9. The Hall–Kier alpha value is -3.30. The third kappa shape index (κ3) is 4.16. The summed E-state index contributed by atoms with van der Waals surface area (Å²) < 4.78 is 5.21. The predicted molar refractivity (Wildman–Crippen MR) is 109 cm³/mol. The molecule has 0 amide bonds. The topological polar surface area (TPSA) is 83.2 Å². The maximum atomic E-state index is 11.3. The van der Waals surface area contributed by atoms with Gasteiger partial charge < -0.3 is 9.84 Å². The number of methoxy groups -OCH3 is 1. The van der Waals surface area contributed by atoms with E-state index < -0.39 is 11.2 Å². The summed E-state index contributed by atoms with van der Waals surface area (Å²) in [5, 5.41) is 18.8. The van der Waals surface area contributed by atoms with Crippen LogP contribution in [0.5, 0.6) is 5.75 Å². The Labute approximate surface area is 167 Å². The van der Waals surface area contributed by atoms with E-state index in [2.05, 4.69) is 11.1 Å². The lowest BCUT2D eigenvalue weighted by Crippen LogP contribution is -2.12. The summed E-state index contributed by atoms with van der Waals surface area (Å²) in [6.45, 7) is 1.58. The number of nitriles is 1. The van der Waals surface area contributed by atoms with Crippen molar-refractivity contribution in [2.45, 2.75) is 17.2 Å². The zero-order chi connectivity index (χ0) is 20.1. The molecule has 1 atom stereocenters. The van der Waals surface area contributed by atoms with Gasteiger partial charge in [-0.05, 0) is 30.7 Å². The number of carboxylic acids is 1. The zero-order valence-corrected chi connectivity index (χ0v) is 16.2. The summed E-state index contributed by atoms with van der Waals surface area (Å²) >= 11 is 1.07. The minimum Gasteiger partial charge on any atom is -0.497 e. The molecular weight excluding hydrogens is 372 g/mol. The Morgan fingerprint density at radius 1 is 1.14 bits per heavy atom. The van der Waals surface area contributed by atoms with Gasteiger partial charge in [-0.15, -0.1) is 0 Å². The van der Waals surface area contributed by atoms with Crippen LogP contribution in [0.15, 0.2) is 65.7 Å². The van der Waals surface area contributed by atoms with Gasteiger partial charge in [-0.3, -0.25) is 4.79 Å². The van der Waals surface area contributed by atoms with E-state index in [9.17, 15) is 15.2 Å². The van der Waals surface area contributed by atoms with E-state index in [0.717, 1.165) is 22.9 Å². The molecule has 5 nitrogen and oxygen atoms in total. The molecule has 3 rings (SSSR count). The van der Waals surface area contributed by atoms with Crippen molar-refractivity contribution in [2.75, 3.05) is 7.11 Å². The van der Waals surface area contributed by atoms with E-state index >= 15 is 0 Å². The molecule has 0 aliphatic carbocycles. The standard InChI is InChI=1S/C22H18N2O3S/c1-14(22(25)26)28-21-19(13-23)18(15-8-10-17(27-2)11-9-15)12-20(24-21)16-6-4-3-5-7-16/h3-12,14H,1-2H3,(H,25,26)/t14-/m1/s1. The number of hydrogen-bond acceptors (Lipinski definition) is 5. The summed E-state index contributed by atoms with van der Waals surface area (Å²) in [5.74, 6) is -0.236. The van der Waals surface area contributed by atoms with Crippen LogP contribution in [0, 0.1) is 11.3 Å². The molecular formula is C22H18N2O3S. The number of ether oxygens (including phenoxy) is 1. The van der Waals surface area contributed by atoms with Crippen molar-refractivity contribution in [3.63, 3.8) is 0 Å². The van der Waals surface area contributed by atoms with Crippen LogP contribution in [0.4, 0.5) is 0 Å². The second kappa shape index (κ2) is 8.59. The molecule has 2 aromatic carbocycles. The number of thioether (sulfide) groups is 1. The number of rotatable bonds is 6. The van der Waals surface area contributed by atoms with Crippen molar-refractivity contribution < 1.29 is 14.6 Å². The van der Waals surface area contributed by atoms with Crippen molar-refractivity contribution >= 4 is 17.7 Å². The van der Waals surface area contributed by atoms with Gasteiger partial charge >= 0.3 is 5.97 Å². The van der Waals surface area contributed by atoms with E-state index in [4.69, 9.17) is 4.74 Å². The minimum absolute atomic E-state index is 0.364. The SMILES string of the molecule is COc1ccc(-c2cc(-c3ccccc3)nc(S[C@H](C)C(=O)O)c2C#N)cc1. The molecule has 1 aromatic heterocycles. The first-order valence-corrected chi connectivity index (χ1v) is 9.46. The summed E-state index contributed by atoms with van der Waals surface area (Å²) in [6, 6.07) is 21.1. The molecule has 0 saturated carbocycles. The van der Waals surface area contributed by atoms with Crippen LogP contribution in [0.1, 0.15) is 12.5 Å². The van der Waals surface area contributed by atoms with Crippen LogP contribution in [-0.4, -0.2) is 28.4 Å². The number of benzene rings is 2. The fourth-order valence-corrected chi connectivity index (χ4v) is 3.55. The molecule has 140 valence electrons. The first-order valence-electron chi connectivity index (χ1n) is 8.58. The van der Waals surface area contributed by atoms with Gasteiger partial charge in [-0.25, -0.2) is 4.98 Å². The van der Waals surface area contributed by atoms with Crippen LogP contribution >= 0.6 is 11.8 Å². The van der Waals surface area contributed by atoms with Gasteiger partial charge in [0.1, 0.15) is 22.1 Å². The molecule has 1 heterocycles. The van der Waals surface area contributed by atoms with Gasteiger partial charge in [-0.2, -0.15) is 5.26 Å². The average Bonchev–Trinajstić information content (AvgIpc) is 2.73. The minimum atomic E-state index is -0.952. The molecule has 0 unspecified atom stereocenters. The van der Waals surface area contributed by atoms with Crippen LogP contribution in [-0.2, 0) is 4.79 Å². The summed E-state index contributed by atoms with van der Waals surface area (Å²) in [7, 11) is 1.59. The predicted octanol–water partition coefficient (Wildman–Crippen LogP) is 4.86. The largest absolute Gasteiger partial charge is 0.497 e. The van der Waals surface area contributed by atoms with Gasteiger partial charge in [-0.1, -0.05) is 54.2 Å². The van der Waals surface area contributed by atoms with Crippen molar-refractivity contribution in [3.8, 4) is 34.2 Å². The second-order valence-corrected chi connectivity index (χ2v) is 7.37. The lowest BCUT2D eigenvalue weighted by molar-refractivity contribution is -0.136. The van der Waals surface area contributed by atoms with Gasteiger partial charge in [0.15, 0.2) is 0 Å². The average molecular weight is 390 g/mol. The van der Waals surface area contributed by atoms with Crippen LogP contribution < -0.4 is 4.74 Å². The highest BCUT2D eigenvalue weighted by Gasteiger charge is 2.20. The quantitative estimate of drug-likeness (QED) is 0.605. The molecule has 0 spiro atoms. The fourth-order valence-electron chi connectivity index (χ4n) is 2.69. The van der Waals surface area contributed by atoms with E-state index in [0.29, 0.717) is 27.6 Å². The van der Waals surface area contributed by atoms with Crippen LogP contribution in [0.3, 0.4) is 0 Å². The van der Waals surface area contributed by atoms with Crippen LogP contribution in [0.25, 0.3) is 22.4 Å². The Bertz CT molecular complexity index is 1030. The third-order valence-electron chi connectivity index (χ3n) is 4.20. The number of carbonyl (C=O) groups is 1. The van der Waals surface area contributed by atoms with E-state index in [-0.39, 0.29) is 0 Å². The third-order valence-corrected chi connectivity index (χ3v) is 5.28. The zero-order valence-electron chi connectivity index (χ0n) is 15.4. The number of aromatic nitrogens is 1. The number of nitrogens with zero attached hydrogens (tertiary/aromatic N) is 2. The maximum absolute atomic E-state index is 11.3. The highest BCUT2D eigenvalue weighted by atomic mass is 32.2. The number of aliphatic carboxylic acids is 1. The number of carboxylic acid groups (broad SMARTS) is 1. The Morgan fingerprint density at radius 3 is 2.39 bits per heavy atom. The molecule has 0 radical (unpaired) electrons. The Kier molecular flexibility index (Phi) is 5.97. The lowest BCUT2D eigenvalue weighted by Gasteiger charge is -2.14. The van der Waals surface area contributed by atoms with Crippen molar-refractivity contribution in [3.05, 3.63) is 66.2 Å². The smallest absolute Gasteiger partial charge is 0.316 e. The Balaban J connectivity index is 2.20. The molecule has 28 heavy (non-hydrogen) atoms. The maximum Gasteiger partial charge on any atom is 0.316 e. The van der Waals surface area contributed by atoms with E-state index in [1.54, 1.807) is 14.0 Å². The fraction of sp³-hybridized carbons (Fsp3) is 0.136. The molecule has 0 saturated heterocycles. The van der Waals surface area contributed by atoms with Gasteiger partial charge in [0.2, 0.25) is 0 Å². The molecule has 0 fully saturated rings. The molecule has 6 heteroatoms. The number of pyridine rings is 1. The normalized spacial score (nSPS) is 11.5. The van der Waals surface area contributed by atoms with Crippen LogP contribution in [0.2, 0.25) is 0 Å². The molecule has 0 aliphatic rings. The van der Waals surface area contributed by atoms with Gasteiger partial charge in [0, 0.05) is 11.1 Å². The van der Waals surface area contributed by atoms with E-state index in [1.165, 1.54) is 0 Å². The molecule has 3 aromatic rings. The monoisotopic (exact) mass is 390 g/mol. The summed E-state index contributed by atoms with van der Waals surface area (Å²) in [6.07, 6.45) is 0. The molecule has 1 N–H and O–H groups in total. The van der Waals surface area contributed by atoms with Crippen molar-refractivity contribution in [1.29, 1.82) is 5.26 Å². The highest BCUT2D eigenvalue weighted by Crippen LogP contribution is 2.36. The van der Waals surface area contributed by atoms with E-state index in [1.807, 2.05) is 60.7 Å². The first kappa shape index (κ1) is 19.5. The van der Waals surface area contributed by atoms with Gasteiger partial charge in [0.05, 0.1) is 18.4 Å². The second-order valence-electron chi connectivity index (χ2n) is 6.04. The first-order chi connectivity index (χ1) is 13.5. The summed E-state index contributed by atoms with van der Waals surface area (Å²) in [5.41, 5.74) is 3.49. The van der Waals surface area contributed by atoms with Crippen molar-refractivity contribution in [2.24, 2.45) is 0 Å². The lowest BCUT2D eigenvalue weighted by atomic mass is 9.99. The van der Waals surface area contributed by atoms with Gasteiger partial charge in [0.25, 0.3) is 0 Å². The van der Waals surface area contributed by atoms with Crippen molar-refractivity contribution in [1.82, 2.24) is 4.98 Å².